The minimum absolute atomic E-state index is 0.0558. The Bertz CT molecular complexity index is 1500. The van der Waals surface area contributed by atoms with Crippen molar-refractivity contribution >= 4 is 39.5 Å². The van der Waals surface area contributed by atoms with Gasteiger partial charge in [0.2, 0.25) is 11.8 Å². The SMILES string of the molecule is CN1CCN(c2ccc3cc(Nc4ncc5cc(C#N)c(=O)n(C6CCCC6)c5n4)oc3c2)CC1. The number of rotatable bonds is 4. The van der Waals surface area contributed by atoms with Crippen LogP contribution < -0.4 is 15.8 Å². The molecule has 0 amide bonds. The molecule has 1 aromatic carbocycles. The van der Waals surface area contributed by atoms with Gasteiger partial charge in [-0.2, -0.15) is 10.2 Å². The van der Waals surface area contributed by atoms with Crippen LogP contribution in [0.2, 0.25) is 0 Å². The molecule has 1 saturated carbocycles. The van der Waals surface area contributed by atoms with Crippen LogP contribution in [-0.2, 0) is 0 Å². The third-order valence-corrected chi connectivity index (χ3v) is 7.19. The van der Waals surface area contributed by atoms with Crippen molar-refractivity contribution in [3.8, 4) is 6.07 Å². The molecule has 4 aromatic rings. The molecule has 4 heterocycles. The number of piperazine rings is 1. The van der Waals surface area contributed by atoms with Crippen LogP contribution in [0.1, 0.15) is 37.3 Å². The van der Waals surface area contributed by atoms with Crippen LogP contribution in [0.5, 0.6) is 0 Å². The molecule has 1 saturated heterocycles. The molecule has 0 spiro atoms. The highest BCUT2D eigenvalue weighted by Gasteiger charge is 2.23. The van der Waals surface area contributed by atoms with Crippen LogP contribution >= 0.6 is 0 Å². The molecule has 3 aromatic heterocycles. The number of nitrogens with zero attached hydrogens (tertiary/aromatic N) is 6. The van der Waals surface area contributed by atoms with Gasteiger partial charge in [0.15, 0.2) is 0 Å². The summed E-state index contributed by atoms with van der Waals surface area (Å²) in [6.45, 7) is 4.08. The number of likely N-dealkylation sites (N-methyl/N-ethyl adjacent to an activating group) is 1. The molecule has 35 heavy (non-hydrogen) atoms. The van der Waals surface area contributed by atoms with Gasteiger partial charge in [-0.05, 0) is 38.1 Å². The van der Waals surface area contributed by atoms with Crippen LogP contribution in [-0.4, -0.2) is 52.7 Å². The molecular formula is C26H27N7O2. The number of pyridine rings is 1. The summed E-state index contributed by atoms with van der Waals surface area (Å²) in [6, 6.07) is 11.9. The molecule has 6 rings (SSSR count). The van der Waals surface area contributed by atoms with Crippen LogP contribution in [0.3, 0.4) is 0 Å². The second-order valence-electron chi connectivity index (χ2n) is 9.50. The lowest BCUT2D eigenvalue weighted by Crippen LogP contribution is -2.44. The maximum atomic E-state index is 13.0. The van der Waals surface area contributed by atoms with E-state index in [1.165, 1.54) is 0 Å². The van der Waals surface area contributed by atoms with E-state index in [1.807, 2.05) is 12.1 Å². The Morgan fingerprint density at radius 3 is 2.66 bits per heavy atom. The summed E-state index contributed by atoms with van der Waals surface area (Å²) in [4.78, 5) is 26.8. The van der Waals surface area contributed by atoms with Crippen LogP contribution in [0.15, 0.2) is 45.7 Å². The van der Waals surface area contributed by atoms with Crippen LogP contribution in [0.25, 0.3) is 22.0 Å². The maximum absolute atomic E-state index is 13.0. The average molecular weight is 470 g/mol. The van der Waals surface area contributed by atoms with Crippen LogP contribution in [0, 0.1) is 11.3 Å². The zero-order valence-corrected chi connectivity index (χ0v) is 19.7. The Morgan fingerprint density at radius 1 is 1.09 bits per heavy atom. The zero-order chi connectivity index (χ0) is 23.9. The Hall–Kier alpha value is -3.90. The van der Waals surface area contributed by atoms with Crippen molar-refractivity contribution in [2.45, 2.75) is 31.7 Å². The number of hydrogen-bond acceptors (Lipinski definition) is 8. The first-order valence-corrected chi connectivity index (χ1v) is 12.2. The van der Waals surface area contributed by atoms with Crippen molar-refractivity contribution in [3.63, 3.8) is 0 Å². The summed E-state index contributed by atoms with van der Waals surface area (Å²) < 4.78 is 7.78. The van der Waals surface area contributed by atoms with E-state index in [1.54, 1.807) is 16.8 Å². The summed E-state index contributed by atoms with van der Waals surface area (Å²) in [5.74, 6) is 0.894. The number of nitriles is 1. The van der Waals surface area contributed by atoms with E-state index in [-0.39, 0.29) is 17.2 Å². The van der Waals surface area contributed by atoms with Crippen molar-refractivity contribution in [1.82, 2.24) is 19.4 Å². The monoisotopic (exact) mass is 469 g/mol. The van der Waals surface area contributed by atoms with E-state index in [2.05, 4.69) is 50.3 Å². The normalized spacial score (nSPS) is 17.3. The highest BCUT2D eigenvalue weighted by molar-refractivity contribution is 5.85. The molecular weight excluding hydrogens is 442 g/mol. The molecule has 9 heteroatoms. The summed E-state index contributed by atoms with van der Waals surface area (Å²) in [7, 11) is 2.15. The molecule has 0 bridgehead atoms. The lowest BCUT2D eigenvalue weighted by atomic mass is 10.2. The highest BCUT2D eigenvalue weighted by Crippen LogP contribution is 2.32. The number of nitrogens with one attached hydrogen (secondary N) is 1. The molecule has 9 nitrogen and oxygen atoms in total. The van der Waals surface area contributed by atoms with E-state index < -0.39 is 0 Å². The van der Waals surface area contributed by atoms with Crippen molar-refractivity contribution in [2.24, 2.45) is 0 Å². The predicted octanol–water partition coefficient (Wildman–Crippen LogP) is 4.02. The van der Waals surface area contributed by atoms with Crippen molar-refractivity contribution in [2.75, 3.05) is 43.4 Å². The van der Waals surface area contributed by atoms with Gasteiger partial charge in [0.1, 0.15) is 22.9 Å². The Kier molecular flexibility index (Phi) is 5.38. The fraction of sp³-hybridized carbons (Fsp3) is 0.385. The van der Waals surface area contributed by atoms with Gasteiger partial charge in [-0.25, -0.2) is 4.98 Å². The summed E-state index contributed by atoms with van der Waals surface area (Å²) in [5, 5.41) is 14.3. The number of benzene rings is 1. The largest absolute Gasteiger partial charge is 0.440 e. The zero-order valence-electron chi connectivity index (χ0n) is 19.7. The lowest BCUT2D eigenvalue weighted by Gasteiger charge is -2.33. The Labute approximate surface area is 202 Å². The molecule has 1 N–H and O–H groups in total. The van der Waals surface area contributed by atoms with E-state index in [9.17, 15) is 10.1 Å². The number of hydrogen-bond donors (Lipinski definition) is 1. The third-order valence-electron chi connectivity index (χ3n) is 7.19. The quantitative estimate of drug-likeness (QED) is 0.478. The van der Waals surface area contributed by atoms with Gasteiger partial charge in [-0.15, -0.1) is 0 Å². The second kappa shape index (κ2) is 8.71. The molecule has 178 valence electrons. The first kappa shape index (κ1) is 21.6. The van der Waals surface area contributed by atoms with E-state index in [4.69, 9.17) is 4.42 Å². The van der Waals surface area contributed by atoms with Gasteiger partial charge < -0.3 is 14.2 Å². The fourth-order valence-corrected chi connectivity index (χ4v) is 5.21. The molecule has 0 radical (unpaired) electrons. The second-order valence-corrected chi connectivity index (χ2v) is 9.50. The van der Waals surface area contributed by atoms with Gasteiger partial charge in [0, 0.05) is 67.0 Å². The number of aromatic nitrogens is 3. The number of fused-ring (bicyclic) bond motifs is 2. The smallest absolute Gasteiger partial charge is 0.270 e. The minimum Gasteiger partial charge on any atom is -0.440 e. The molecule has 1 aliphatic heterocycles. The third kappa shape index (κ3) is 4.00. The highest BCUT2D eigenvalue weighted by atomic mass is 16.3. The topological polar surface area (TPSA) is 103 Å². The Morgan fingerprint density at radius 2 is 1.89 bits per heavy atom. The first-order chi connectivity index (χ1) is 17.1. The lowest BCUT2D eigenvalue weighted by molar-refractivity contribution is 0.313. The number of furan rings is 1. The fourth-order valence-electron chi connectivity index (χ4n) is 5.21. The van der Waals surface area contributed by atoms with E-state index >= 15 is 0 Å². The predicted molar refractivity (Wildman–Crippen MR) is 135 cm³/mol. The van der Waals surface area contributed by atoms with Gasteiger partial charge >= 0.3 is 0 Å². The summed E-state index contributed by atoms with van der Waals surface area (Å²) in [5.41, 5.74) is 2.35. The minimum atomic E-state index is -0.281. The molecule has 2 fully saturated rings. The van der Waals surface area contributed by atoms with Gasteiger partial charge in [-0.3, -0.25) is 14.7 Å². The Balaban J connectivity index is 1.32. The van der Waals surface area contributed by atoms with Gasteiger partial charge in [0.05, 0.1) is 0 Å². The van der Waals surface area contributed by atoms with E-state index in [0.29, 0.717) is 22.9 Å². The van der Waals surface area contributed by atoms with Gasteiger partial charge in [-0.1, -0.05) is 12.8 Å². The molecule has 1 aliphatic carbocycles. The van der Waals surface area contributed by atoms with Crippen LogP contribution in [0.4, 0.5) is 17.5 Å². The van der Waals surface area contributed by atoms with Crippen molar-refractivity contribution in [3.05, 3.63) is 52.4 Å². The molecule has 0 unspecified atom stereocenters. The first-order valence-electron chi connectivity index (χ1n) is 12.2. The average Bonchev–Trinajstić information content (AvgIpc) is 3.53. The van der Waals surface area contributed by atoms with Crippen molar-refractivity contribution < 1.29 is 4.42 Å². The number of anilines is 3. The molecule has 0 atom stereocenters. The standard InChI is InChI=1S/C26H27N7O2/c1-31-8-10-32(11-9-31)21-7-6-17-13-23(35-22(17)14-21)29-26-28-16-19-12-18(15-27)25(34)33(24(19)30-26)20-4-2-3-5-20/h6-7,12-14,16,20H,2-5,8-11H2,1H3,(H,28,29,30). The summed E-state index contributed by atoms with van der Waals surface area (Å²) >= 11 is 0. The summed E-state index contributed by atoms with van der Waals surface area (Å²) in [6.07, 6.45) is 5.62. The molecule has 2 aliphatic rings. The van der Waals surface area contributed by atoms with E-state index in [0.717, 1.165) is 68.5 Å². The van der Waals surface area contributed by atoms with Gasteiger partial charge in [0.25, 0.3) is 5.56 Å². The van der Waals surface area contributed by atoms with Crippen molar-refractivity contribution in [1.29, 1.82) is 5.26 Å². The maximum Gasteiger partial charge on any atom is 0.270 e.